The number of hydrogen-bond acceptors (Lipinski definition) is 3. The first-order valence-electron chi connectivity index (χ1n) is 5.34. The topological polar surface area (TPSA) is 74.8 Å². The zero-order chi connectivity index (χ0) is 13.2. The van der Waals surface area contributed by atoms with Crippen LogP contribution in [0.5, 0.6) is 0 Å². The highest BCUT2D eigenvalue weighted by molar-refractivity contribution is 7.92. The Morgan fingerprint density at radius 1 is 1.39 bits per heavy atom. The predicted molar refractivity (Wildman–Crippen MR) is 70.2 cm³/mol. The third-order valence-electron chi connectivity index (χ3n) is 2.46. The summed E-state index contributed by atoms with van der Waals surface area (Å²) in [6.07, 6.45) is 2.27. The number of halogens is 1. The van der Waals surface area contributed by atoms with Gasteiger partial charge in [-0.2, -0.15) is 5.10 Å². The van der Waals surface area contributed by atoms with Gasteiger partial charge in [-0.25, -0.2) is 8.42 Å². The molecule has 1 aromatic carbocycles. The molecule has 5 nitrogen and oxygen atoms in total. The van der Waals surface area contributed by atoms with Crippen LogP contribution in [0.3, 0.4) is 0 Å². The molecule has 0 amide bonds. The molecule has 0 atom stereocenters. The lowest BCUT2D eigenvalue weighted by Gasteiger charge is -2.08. The minimum Gasteiger partial charge on any atom is -0.263 e. The lowest BCUT2D eigenvalue weighted by molar-refractivity contribution is 0.601. The van der Waals surface area contributed by atoms with E-state index in [2.05, 4.69) is 14.9 Å². The molecule has 0 aliphatic heterocycles. The maximum absolute atomic E-state index is 12.1. The van der Waals surface area contributed by atoms with E-state index in [1.54, 1.807) is 18.3 Å². The van der Waals surface area contributed by atoms with Gasteiger partial charge in [0.1, 0.15) is 10.7 Å². The summed E-state index contributed by atoms with van der Waals surface area (Å²) in [5.41, 5.74) is 0.797. The number of nitrogens with one attached hydrogen (secondary N) is 2. The molecule has 18 heavy (non-hydrogen) atoms. The number of aromatic amines is 1. The third-order valence-corrected chi connectivity index (χ3v) is 4.31. The molecule has 0 fully saturated rings. The van der Waals surface area contributed by atoms with Crippen LogP contribution in [0.2, 0.25) is 5.02 Å². The van der Waals surface area contributed by atoms with E-state index in [0.717, 1.165) is 5.56 Å². The van der Waals surface area contributed by atoms with Crippen molar-refractivity contribution >= 4 is 27.4 Å². The number of benzene rings is 1. The van der Waals surface area contributed by atoms with E-state index in [4.69, 9.17) is 11.6 Å². The molecule has 2 N–H and O–H groups in total. The summed E-state index contributed by atoms with van der Waals surface area (Å²) in [7, 11) is -3.70. The summed E-state index contributed by atoms with van der Waals surface area (Å²) >= 11 is 5.88. The number of H-pyrrole nitrogens is 1. The molecule has 96 valence electrons. The smallest absolute Gasteiger partial charge is 0.263 e. The summed E-state index contributed by atoms with van der Waals surface area (Å²) in [5, 5.41) is 6.61. The molecule has 0 spiro atoms. The van der Waals surface area contributed by atoms with E-state index in [1.807, 2.05) is 6.92 Å². The van der Waals surface area contributed by atoms with Crippen molar-refractivity contribution in [2.75, 3.05) is 4.72 Å². The van der Waals surface area contributed by atoms with Crippen molar-refractivity contribution in [3.63, 3.8) is 0 Å². The van der Waals surface area contributed by atoms with Crippen LogP contribution in [0.1, 0.15) is 12.5 Å². The van der Waals surface area contributed by atoms with Gasteiger partial charge < -0.3 is 0 Å². The fourth-order valence-corrected chi connectivity index (χ4v) is 3.10. The van der Waals surface area contributed by atoms with E-state index in [0.29, 0.717) is 12.2 Å². The highest BCUT2D eigenvalue weighted by Gasteiger charge is 2.19. The average molecular weight is 286 g/mol. The maximum atomic E-state index is 12.1. The molecule has 0 aliphatic rings. The van der Waals surface area contributed by atoms with Crippen LogP contribution in [-0.2, 0) is 16.4 Å². The Labute approximate surface area is 110 Å². The Balaban J connectivity index is 2.37. The Hall–Kier alpha value is -1.53. The maximum Gasteiger partial charge on any atom is 0.264 e. The van der Waals surface area contributed by atoms with E-state index in [1.165, 1.54) is 12.1 Å². The second-order valence-corrected chi connectivity index (χ2v) is 5.72. The molecule has 0 radical (unpaired) electrons. The summed E-state index contributed by atoms with van der Waals surface area (Å²) in [6.45, 7) is 1.91. The minimum absolute atomic E-state index is 0.0447. The summed E-state index contributed by atoms with van der Waals surface area (Å²) < 4.78 is 26.7. The number of sulfonamides is 1. The number of rotatable bonds is 4. The molecule has 0 bridgehead atoms. The largest absolute Gasteiger partial charge is 0.264 e. The lowest BCUT2D eigenvalue weighted by Crippen LogP contribution is -2.14. The lowest BCUT2D eigenvalue weighted by atomic mass is 10.3. The first-order valence-corrected chi connectivity index (χ1v) is 7.20. The van der Waals surface area contributed by atoms with Crippen LogP contribution in [0.25, 0.3) is 0 Å². The summed E-state index contributed by atoms with van der Waals surface area (Å²) in [6, 6.07) is 6.28. The zero-order valence-corrected chi connectivity index (χ0v) is 11.2. The number of aryl methyl sites for hydroxylation is 1. The molecule has 7 heteroatoms. The van der Waals surface area contributed by atoms with Crippen LogP contribution in [0.4, 0.5) is 5.82 Å². The third kappa shape index (κ3) is 2.49. The van der Waals surface area contributed by atoms with Gasteiger partial charge in [-0.3, -0.25) is 9.82 Å². The van der Waals surface area contributed by atoms with Crippen molar-refractivity contribution in [2.45, 2.75) is 18.2 Å². The average Bonchev–Trinajstić information content (AvgIpc) is 2.76. The van der Waals surface area contributed by atoms with E-state index in [9.17, 15) is 8.42 Å². The predicted octanol–water partition coefficient (Wildman–Crippen LogP) is 2.43. The highest BCUT2D eigenvalue weighted by atomic mass is 35.5. The Morgan fingerprint density at radius 2 is 2.11 bits per heavy atom. The van der Waals surface area contributed by atoms with Crippen LogP contribution in [-0.4, -0.2) is 18.6 Å². The first kappa shape index (κ1) is 12.9. The zero-order valence-electron chi connectivity index (χ0n) is 9.64. The number of hydrogen-bond donors (Lipinski definition) is 2. The molecular weight excluding hydrogens is 274 g/mol. The molecule has 1 aromatic heterocycles. The SMILES string of the molecule is CCc1cn[nH]c1NS(=O)(=O)c1ccccc1Cl. The van der Waals surface area contributed by atoms with Crippen LogP contribution < -0.4 is 4.72 Å². The molecular formula is C11H12ClN3O2S. The van der Waals surface area contributed by atoms with Crippen molar-refractivity contribution in [3.8, 4) is 0 Å². The van der Waals surface area contributed by atoms with Crippen molar-refractivity contribution < 1.29 is 8.42 Å². The minimum atomic E-state index is -3.70. The van der Waals surface area contributed by atoms with E-state index >= 15 is 0 Å². The van der Waals surface area contributed by atoms with Crippen molar-refractivity contribution in [2.24, 2.45) is 0 Å². The monoisotopic (exact) mass is 285 g/mol. The molecule has 0 aliphatic carbocycles. The van der Waals surface area contributed by atoms with Gasteiger partial charge in [0, 0.05) is 5.56 Å². The second-order valence-electron chi connectivity index (χ2n) is 3.66. The molecule has 2 rings (SSSR count). The Bertz CT molecular complexity index is 652. The van der Waals surface area contributed by atoms with Crippen molar-refractivity contribution in [3.05, 3.63) is 41.0 Å². The Kier molecular flexibility index (Phi) is 3.58. The van der Waals surface area contributed by atoms with Gasteiger partial charge in [0.15, 0.2) is 0 Å². The fourth-order valence-electron chi connectivity index (χ4n) is 1.52. The van der Waals surface area contributed by atoms with Crippen LogP contribution in [0, 0.1) is 0 Å². The fraction of sp³-hybridized carbons (Fsp3) is 0.182. The standard InChI is InChI=1S/C11H12ClN3O2S/c1-2-8-7-13-14-11(8)15-18(16,17)10-6-4-3-5-9(10)12/h3-7H,2H2,1H3,(H2,13,14,15). The Morgan fingerprint density at radius 3 is 2.78 bits per heavy atom. The van der Waals surface area contributed by atoms with Gasteiger partial charge in [0.05, 0.1) is 11.2 Å². The summed E-state index contributed by atoms with van der Waals surface area (Å²) in [5.74, 6) is 0.373. The van der Waals surface area contributed by atoms with Crippen LogP contribution in [0.15, 0.2) is 35.4 Å². The highest BCUT2D eigenvalue weighted by Crippen LogP contribution is 2.23. The molecule has 0 unspecified atom stereocenters. The molecule has 0 saturated carbocycles. The summed E-state index contributed by atoms with van der Waals surface area (Å²) in [4.78, 5) is 0.0447. The van der Waals surface area contributed by atoms with Gasteiger partial charge in [-0.05, 0) is 18.6 Å². The van der Waals surface area contributed by atoms with Crippen LogP contribution >= 0.6 is 11.6 Å². The van der Waals surface area contributed by atoms with Gasteiger partial charge in [0.2, 0.25) is 0 Å². The van der Waals surface area contributed by atoms with E-state index in [-0.39, 0.29) is 9.92 Å². The normalized spacial score (nSPS) is 11.4. The quantitative estimate of drug-likeness (QED) is 0.906. The van der Waals surface area contributed by atoms with Crippen molar-refractivity contribution in [1.82, 2.24) is 10.2 Å². The first-order chi connectivity index (χ1) is 8.54. The van der Waals surface area contributed by atoms with Crippen molar-refractivity contribution in [1.29, 1.82) is 0 Å². The molecule has 2 aromatic rings. The second kappa shape index (κ2) is 4.99. The number of anilines is 1. The number of nitrogens with zero attached hydrogens (tertiary/aromatic N) is 1. The number of aromatic nitrogens is 2. The van der Waals surface area contributed by atoms with Gasteiger partial charge in [0.25, 0.3) is 10.0 Å². The molecule has 1 heterocycles. The van der Waals surface area contributed by atoms with Gasteiger partial charge in [-0.1, -0.05) is 30.7 Å². The van der Waals surface area contributed by atoms with Gasteiger partial charge >= 0.3 is 0 Å². The van der Waals surface area contributed by atoms with E-state index < -0.39 is 10.0 Å². The molecule has 0 saturated heterocycles. The van der Waals surface area contributed by atoms with Gasteiger partial charge in [-0.15, -0.1) is 0 Å².